The number of hydrogen-bond acceptors (Lipinski definition) is 4. The maximum absolute atomic E-state index is 12.1. The van der Waals surface area contributed by atoms with Gasteiger partial charge in [-0.15, -0.1) is 0 Å². The highest BCUT2D eigenvalue weighted by atomic mass is 35.5. The molecule has 1 heterocycles. The standard InChI is InChI=1S/C14H15ClN4O/c1-9(11-4-2-3-5-12(11)15)18-14(20)10-6-7-13(19-16)17-8-10/h2-9H,16H2,1H3,(H,17,19)(H,18,20). The van der Waals surface area contributed by atoms with E-state index in [1.807, 2.05) is 25.1 Å². The normalized spacial score (nSPS) is 11.8. The van der Waals surface area contributed by atoms with Crippen LogP contribution in [0.1, 0.15) is 28.9 Å². The predicted molar refractivity (Wildman–Crippen MR) is 79.4 cm³/mol. The molecule has 2 rings (SSSR count). The summed E-state index contributed by atoms with van der Waals surface area (Å²) in [6, 6.07) is 10.5. The summed E-state index contributed by atoms with van der Waals surface area (Å²) in [5, 5.41) is 3.50. The predicted octanol–water partition coefficient (Wildman–Crippen LogP) is 2.51. The molecule has 104 valence electrons. The average Bonchev–Trinajstić information content (AvgIpc) is 2.47. The number of amides is 1. The number of carbonyl (C=O) groups excluding carboxylic acids is 1. The van der Waals surface area contributed by atoms with Gasteiger partial charge in [0.15, 0.2) is 0 Å². The topological polar surface area (TPSA) is 80.0 Å². The molecule has 4 N–H and O–H groups in total. The summed E-state index contributed by atoms with van der Waals surface area (Å²) >= 11 is 6.10. The number of nitrogen functional groups attached to an aromatic ring is 1. The molecule has 5 nitrogen and oxygen atoms in total. The van der Waals surface area contributed by atoms with Crippen LogP contribution in [0.15, 0.2) is 42.6 Å². The number of carbonyl (C=O) groups is 1. The molecule has 0 radical (unpaired) electrons. The van der Waals surface area contributed by atoms with Crippen LogP contribution in [0.3, 0.4) is 0 Å². The van der Waals surface area contributed by atoms with Crippen molar-refractivity contribution in [2.75, 3.05) is 5.43 Å². The number of nitrogens with one attached hydrogen (secondary N) is 2. The van der Waals surface area contributed by atoms with Crippen molar-refractivity contribution in [3.05, 3.63) is 58.7 Å². The number of aromatic nitrogens is 1. The molecule has 0 aliphatic rings. The van der Waals surface area contributed by atoms with Crippen LogP contribution in [-0.2, 0) is 0 Å². The van der Waals surface area contributed by atoms with Crippen molar-refractivity contribution in [3.8, 4) is 0 Å². The molecule has 2 aromatic rings. The fraction of sp³-hybridized carbons (Fsp3) is 0.143. The van der Waals surface area contributed by atoms with Crippen LogP contribution in [0.5, 0.6) is 0 Å². The summed E-state index contributed by atoms with van der Waals surface area (Å²) in [5.74, 6) is 5.51. The molecule has 0 aliphatic carbocycles. The van der Waals surface area contributed by atoms with Crippen molar-refractivity contribution in [3.63, 3.8) is 0 Å². The Balaban J connectivity index is 2.09. The number of hydrazine groups is 1. The zero-order valence-corrected chi connectivity index (χ0v) is 11.7. The minimum absolute atomic E-state index is 0.191. The highest BCUT2D eigenvalue weighted by molar-refractivity contribution is 6.31. The fourth-order valence-corrected chi connectivity index (χ4v) is 2.10. The molecule has 6 heteroatoms. The number of pyridine rings is 1. The van der Waals surface area contributed by atoms with Crippen LogP contribution < -0.4 is 16.6 Å². The second kappa shape index (κ2) is 6.36. The third-order valence-corrected chi connectivity index (χ3v) is 3.24. The quantitative estimate of drug-likeness (QED) is 0.597. The van der Waals surface area contributed by atoms with Gasteiger partial charge < -0.3 is 10.7 Å². The molecule has 20 heavy (non-hydrogen) atoms. The Kier molecular flexibility index (Phi) is 4.55. The van der Waals surface area contributed by atoms with E-state index in [2.05, 4.69) is 15.7 Å². The number of nitrogens with two attached hydrogens (primary N) is 1. The number of anilines is 1. The molecule has 0 saturated carbocycles. The van der Waals surface area contributed by atoms with Crippen LogP contribution in [-0.4, -0.2) is 10.9 Å². The van der Waals surface area contributed by atoms with Gasteiger partial charge in [-0.3, -0.25) is 4.79 Å². The summed E-state index contributed by atoms with van der Waals surface area (Å²) < 4.78 is 0. The molecular weight excluding hydrogens is 276 g/mol. The van der Waals surface area contributed by atoms with Crippen LogP contribution in [0.25, 0.3) is 0 Å². The Morgan fingerprint density at radius 2 is 2.05 bits per heavy atom. The fourth-order valence-electron chi connectivity index (χ4n) is 1.80. The van der Waals surface area contributed by atoms with E-state index in [0.717, 1.165) is 5.56 Å². The minimum atomic E-state index is -0.214. The van der Waals surface area contributed by atoms with Gasteiger partial charge in [0.05, 0.1) is 11.6 Å². The molecule has 1 atom stereocenters. The smallest absolute Gasteiger partial charge is 0.253 e. The van der Waals surface area contributed by atoms with E-state index in [0.29, 0.717) is 16.4 Å². The first-order valence-electron chi connectivity index (χ1n) is 6.09. The van der Waals surface area contributed by atoms with Gasteiger partial charge in [0.2, 0.25) is 0 Å². The number of nitrogens with zero attached hydrogens (tertiary/aromatic N) is 1. The molecule has 1 aromatic heterocycles. The summed E-state index contributed by atoms with van der Waals surface area (Å²) in [6.45, 7) is 1.88. The molecule has 1 amide bonds. The summed E-state index contributed by atoms with van der Waals surface area (Å²) in [5.41, 5.74) is 3.74. The van der Waals surface area contributed by atoms with Gasteiger partial charge in [0.1, 0.15) is 5.82 Å². The second-order valence-electron chi connectivity index (χ2n) is 4.29. The van der Waals surface area contributed by atoms with Crippen LogP contribution in [0.2, 0.25) is 5.02 Å². The Morgan fingerprint density at radius 1 is 1.30 bits per heavy atom. The van der Waals surface area contributed by atoms with Crippen molar-refractivity contribution in [2.24, 2.45) is 5.84 Å². The maximum atomic E-state index is 12.1. The van der Waals surface area contributed by atoms with E-state index in [-0.39, 0.29) is 11.9 Å². The lowest BCUT2D eigenvalue weighted by Crippen LogP contribution is -2.27. The van der Waals surface area contributed by atoms with Crippen molar-refractivity contribution in [2.45, 2.75) is 13.0 Å². The average molecular weight is 291 g/mol. The first-order chi connectivity index (χ1) is 9.61. The van der Waals surface area contributed by atoms with Crippen molar-refractivity contribution >= 4 is 23.3 Å². The lowest BCUT2D eigenvalue weighted by molar-refractivity contribution is 0.0939. The first-order valence-corrected chi connectivity index (χ1v) is 6.47. The summed E-state index contributed by atoms with van der Waals surface area (Å²) in [7, 11) is 0. The lowest BCUT2D eigenvalue weighted by Gasteiger charge is -2.15. The van der Waals surface area contributed by atoms with Crippen molar-refractivity contribution in [1.82, 2.24) is 10.3 Å². The van der Waals surface area contributed by atoms with Crippen molar-refractivity contribution in [1.29, 1.82) is 0 Å². The minimum Gasteiger partial charge on any atom is -0.345 e. The number of halogens is 1. The first kappa shape index (κ1) is 14.3. The molecule has 0 saturated heterocycles. The molecule has 1 unspecified atom stereocenters. The Morgan fingerprint density at radius 3 is 2.65 bits per heavy atom. The van der Waals surface area contributed by atoms with Gasteiger partial charge in [-0.1, -0.05) is 29.8 Å². The van der Waals surface area contributed by atoms with Gasteiger partial charge in [-0.25, -0.2) is 10.8 Å². The van der Waals surface area contributed by atoms with Gasteiger partial charge in [-0.2, -0.15) is 0 Å². The molecule has 0 fully saturated rings. The zero-order chi connectivity index (χ0) is 14.5. The van der Waals surface area contributed by atoms with Crippen molar-refractivity contribution < 1.29 is 4.79 Å². The maximum Gasteiger partial charge on any atom is 0.253 e. The van der Waals surface area contributed by atoms with Crippen LogP contribution in [0, 0.1) is 0 Å². The highest BCUT2D eigenvalue weighted by Crippen LogP contribution is 2.22. The largest absolute Gasteiger partial charge is 0.345 e. The Bertz CT molecular complexity index is 600. The Labute approximate surface area is 122 Å². The Hall–Kier alpha value is -2.11. The van der Waals surface area contributed by atoms with E-state index >= 15 is 0 Å². The van der Waals surface area contributed by atoms with Gasteiger partial charge in [0.25, 0.3) is 5.91 Å². The lowest BCUT2D eigenvalue weighted by atomic mass is 10.1. The van der Waals surface area contributed by atoms with Crippen LogP contribution >= 0.6 is 11.6 Å². The summed E-state index contributed by atoms with van der Waals surface area (Å²) in [6.07, 6.45) is 1.46. The zero-order valence-electron chi connectivity index (χ0n) is 10.9. The third kappa shape index (κ3) is 3.26. The van der Waals surface area contributed by atoms with Gasteiger partial charge >= 0.3 is 0 Å². The van der Waals surface area contributed by atoms with Crippen LogP contribution in [0.4, 0.5) is 5.82 Å². The molecule has 0 aliphatic heterocycles. The molecule has 0 spiro atoms. The van der Waals surface area contributed by atoms with E-state index in [9.17, 15) is 4.79 Å². The molecule has 1 aromatic carbocycles. The molecule has 0 bridgehead atoms. The van der Waals surface area contributed by atoms with E-state index in [4.69, 9.17) is 17.4 Å². The molecular formula is C14H15ClN4O. The SMILES string of the molecule is CC(NC(=O)c1ccc(NN)nc1)c1ccccc1Cl. The highest BCUT2D eigenvalue weighted by Gasteiger charge is 2.13. The number of hydrogen-bond donors (Lipinski definition) is 3. The third-order valence-electron chi connectivity index (χ3n) is 2.89. The second-order valence-corrected chi connectivity index (χ2v) is 4.70. The van der Waals surface area contributed by atoms with Gasteiger partial charge in [0, 0.05) is 11.2 Å². The van der Waals surface area contributed by atoms with Gasteiger partial charge in [-0.05, 0) is 30.7 Å². The number of rotatable bonds is 4. The summed E-state index contributed by atoms with van der Waals surface area (Å²) in [4.78, 5) is 16.1. The van der Waals surface area contributed by atoms with E-state index in [1.54, 1.807) is 18.2 Å². The van der Waals surface area contributed by atoms with E-state index in [1.165, 1.54) is 6.20 Å². The number of benzene rings is 1. The monoisotopic (exact) mass is 290 g/mol. The van der Waals surface area contributed by atoms with E-state index < -0.39 is 0 Å².